The first-order chi connectivity index (χ1) is 8.99. The molecule has 2 unspecified atom stereocenters. The lowest BCUT2D eigenvalue weighted by Crippen LogP contribution is -2.53. The molecule has 0 aliphatic carbocycles. The third-order valence-corrected chi connectivity index (χ3v) is 3.82. The van der Waals surface area contributed by atoms with Crippen LogP contribution in [0.4, 0.5) is 4.79 Å². The maximum absolute atomic E-state index is 12.1. The molecule has 0 aromatic carbocycles. The summed E-state index contributed by atoms with van der Waals surface area (Å²) in [6.07, 6.45) is 2.45. The highest BCUT2D eigenvalue weighted by molar-refractivity contribution is 5.82. The van der Waals surface area contributed by atoms with E-state index in [0.29, 0.717) is 19.5 Å². The van der Waals surface area contributed by atoms with Crippen molar-refractivity contribution in [1.29, 1.82) is 0 Å². The summed E-state index contributed by atoms with van der Waals surface area (Å²) in [5, 5.41) is 20.9. The Morgan fingerprint density at radius 2 is 2.16 bits per heavy atom. The van der Waals surface area contributed by atoms with Crippen LogP contribution in [0.25, 0.3) is 0 Å². The number of aliphatic carboxylic acids is 1. The van der Waals surface area contributed by atoms with E-state index in [-0.39, 0.29) is 24.5 Å². The van der Waals surface area contributed by atoms with Gasteiger partial charge in [-0.1, -0.05) is 20.3 Å². The van der Waals surface area contributed by atoms with Gasteiger partial charge in [-0.15, -0.1) is 0 Å². The third-order valence-electron chi connectivity index (χ3n) is 3.82. The van der Waals surface area contributed by atoms with Gasteiger partial charge < -0.3 is 20.4 Å². The van der Waals surface area contributed by atoms with Crippen molar-refractivity contribution in [3.05, 3.63) is 0 Å². The summed E-state index contributed by atoms with van der Waals surface area (Å²) in [6, 6.07) is -1.20. The number of nitrogens with one attached hydrogen (secondary N) is 1. The Labute approximate surface area is 113 Å². The number of nitrogens with zero attached hydrogens (tertiary/aromatic N) is 1. The molecule has 0 aromatic rings. The van der Waals surface area contributed by atoms with Crippen LogP contribution in [-0.4, -0.2) is 52.9 Å². The summed E-state index contributed by atoms with van der Waals surface area (Å²) < 4.78 is 0. The van der Waals surface area contributed by atoms with Gasteiger partial charge in [-0.2, -0.15) is 0 Å². The van der Waals surface area contributed by atoms with E-state index < -0.39 is 12.0 Å². The molecule has 1 rings (SSSR count). The van der Waals surface area contributed by atoms with Gasteiger partial charge in [0.25, 0.3) is 0 Å². The van der Waals surface area contributed by atoms with E-state index in [1.807, 2.05) is 13.8 Å². The summed E-state index contributed by atoms with van der Waals surface area (Å²) in [6.45, 7) is 4.89. The van der Waals surface area contributed by atoms with Crippen LogP contribution >= 0.6 is 0 Å². The van der Waals surface area contributed by atoms with Gasteiger partial charge in [0.1, 0.15) is 6.04 Å². The Morgan fingerprint density at radius 1 is 1.47 bits per heavy atom. The fourth-order valence-corrected chi connectivity index (χ4v) is 2.31. The number of aliphatic hydroxyl groups excluding tert-OH is 1. The van der Waals surface area contributed by atoms with E-state index in [9.17, 15) is 9.59 Å². The first-order valence-corrected chi connectivity index (χ1v) is 6.88. The van der Waals surface area contributed by atoms with Crippen LogP contribution in [0.15, 0.2) is 0 Å². The number of hydrogen-bond donors (Lipinski definition) is 3. The standard InChI is InChI=1S/C13H24N2O4/c1-3-9(2)11(12(17)18)14-13(19)15-6-4-5-10(7-15)8-16/h9-11,16H,3-8H2,1-2H3,(H,14,19)(H,17,18)/t9?,10?,11-/m0/s1. The second kappa shape index (κ2) is 7.33. The normalized spacial score (nSPS) is 22.7. The van der Waals surface area contributed by atoms with Crippen molar-refractivity contribution in [2.45, 2.75) is 39.2 Å². The van der Waals surface area contributed by atoms with Gasteiger partial charge in [-0.25, -0.2) is 9.59 Å². The van der Waals surface area contributed by atoms with E-state index in [0.717, 1.165) is 12.8 Å². The molecule has 1 aliphatic rings. The number of carbonyl (C=O) groups excluding carboxylic acids is 1. The van der Waals surface area contributed by atoms with Crippen LogP contribution in [0.3, 0.4) is 0 Å². The summed E-state index contributed by atoms with van der Waals surface area (Å²) in [5.41, 5.74) is 0. The van der Waals surface area contributed by atoms with Crippen LogP contribution in [0.2, 0.25) is 0 Å². The van der Waals surface area contributed by atoms with Crippen LogP contribution < -0.4 is 5.32 Å². The number of aliphatic hydroxyl groups is 1. The number of piperidine rings is 1. The Balaban J connectivity index is 2.58. The number of likely N-dealkylation sites (tertiary alicyclic amines) is 1. The molecule has 19 heavy (non-hydrogen) atoms. The molecule has 3 N–H and O–H groups in total. The minimum atomic E-state index is -1.00. The highest BCUT2D eigenvalue weighted by atomic mass is 16.4. The van der Waals surface area contributed by atoms with Crippen LogP contribution in [0.5, 0.6) is 0 Å². The van der Waals surface area contributed by atoms with E-state index in [2.05, 4.69) is 5.32 Å². The zero-order valence-electron chi connectivity index (χ0n) is 11.6. The number of carbonyl (C=O) groups is 2. The van der Waals surface area contributed by atoms with Crippen LogP contribution in [-0.2, 0) is 4.79 Å². The molecule has 1 saturated heterocycles. The maximum atomic E-state index is 12.1. The average molecular weight is 272 g/mol. The number of amides is 2. The second-order valence-electron chi connectivity index (χ2n) is 5.29. The molecule has 110 valence electrons. The number of carboxylic acid groups (broad SMARTS) is 1. The number of hydrogen-bond acceptors (Lipinski definition) is 3. The van der Waals surface area contributed by atoms with Crippen molar-refractivity contribution in [3.8, 4) is 0 Å². The first kappa shape index (κ1) is 15.8. The molecular weight excluding hydrogens is 248 g/mol. The Morgan fingerprint density at radius 3 is 2.68 bits per heavy atom. The lowest BCUT2D eigenvalue weighted by Gasteiger charge is -2.33. The maximum Gasteiger partial charge on any atom is 0.326 e. The van der Waals surface area contributed by atoms with Gasteiger partial charge in [0, 0.05) is 19.7 Å². The van der Waals surface area contributed by atoms with Gasteiger partial charge in [0.15, 0.2) is 0 Å². The van der Waals surface area contributed by atoms with Crippen LogP contribution in [0.1, 0.15) is 33.1 Å². The topological polar surface area (TPSA) is 89.9 Å². The van der Waals surface area contributed by atoms with E-state index in [1.54, 1.807) is 4.90 Å². The Kier molecular flexibility index (Phi) is 6.08. The van der Waals surface area contributed by atoms with Crippen molar-refractivity contribution in [2.75, 3.05) is 19.7 Å². The van der Waals surface area contributed by atoms with E-state index in [4.69, 9.17) is 10.2 Å². The van der Waals surface area contributed by atoms with Crippen molar-refractivity contribution >= 4 is 12.0 Å². The molecule has 3 atom stereocenters. The summed E-state index contributed by atoms with van der Waals surface area (Å²) in [7, 11) is 0. The third kappa shape index (κ3) is 4.38. The minimum Gasteiger partial charge on any atom is -0.480 e. The molecule has 0 aromatic heterocycles. The average Bonchev–Trinajstić information content (AvgIpc) is 2.43. The molecule has 0 spiro atoms. The van der Waals surface area contributed by atoms with Gasteiger partial charge in [-0.3, -0.25) is 0 Å². The monoisotopic (exact) mass is 272 g/mol. The zero-order valence-corrected chi connectivity index (χ0v) is 11.6. The number of urea groups is 1. The summed E-state index contributed by atoms with van der Waals surface area (Å²) >= 11 is 0. The van der Waals surface area contributed by atoms with Crippen LogP contribution in [0, 0.1) is 11.8 Å². The number of rotatable bonds is 5. The van der Waals surface area contributed by atoms with Crippen molar-refractivity contribution in [2.24, 2.45) is 11.8 Å². The predicted molar refractivity (Wildman–Crippen MR) is 70.8 cm³/mol. The van der Waals surface area contributed by atoms with Crippen molar-refractivity contribution < 1.29 is 19.8 Å². The molecule has 6 nitrogen and oxygen atoms in total. The van der Waals surface area contributed by atoms with E-state index >= 15 is 0 Å². The fourth-order valence-electron chi connectivity index (χ4n) is 2.31. The summed E-state index contributed by atoms with van der Waals surface area (Å²) in [5.74, 6) is -1.01. The molecule has 0 bridgehead atoms. The van der Waals surface area contributed by atoms with Crippen molar-refractivity contribution in [3.63, 3.8) is 0 Å². The number of carboxylic acids is 1. The van der Waals surface area contributed by atoms with Gasteiger partial charge in [0.05, 0.1) is 0 Å². The summed E-state index contributed by atoms with van der Waals surface area (Å²) in [4.78, 5) is 24.8. The molecule has 0 radical (unpaired) electrons. The molecular formula is C13H24N2O4. The first-order valence-electron chi connectivity index (χ1n) is 6.88. The lowest BCUT2D eigenvalue weighted by atomic mass is 9.98. The lowest BCUT2D eigenvalue weighted by molar-refractivity contribution is -0.140. The Bertz CT molecular complexity index is 322. The Hall–Kier alpha value is -1.30. The molecule has 1 fully saturated rings. The fraction of sp³-hybridized carbons (Fsp3) is 0.846. The van der Waals surface area contributed by atoms with Gasteiger partial charge >= 0.3 is 12.0 Å². The molecule has 1 heterocycles. The van der Waals surface area contributed by atoms with Gasteiger partial charge in [0.2, 0.25) is 0 Å². The smallest absolute Gasteiger partial charge is 0.326 e. The quantitative estimate of drug-likeness (QED) is 0.693. The molecule has 1 aliphatic heterocycles. The largest absolute Gasteiger partial charge is 0.480 e. The molecule has 6 heteroatoms. The second-order valence-corrected chi connectivity index (χ2v) is 5.29. The van der Waals surface area contributed by atoms with Gasteiger partial charge in [-0.05, 0) is 24.7 Å². The van der Waals surface area contributed by atoms with E-state index in [1.165, 1.54) is 0 Å². The molecule has 0 saturated carbocycles. The van der Waals surface area contributed by atoms with Crippen molar-refractivity contribution in [1.82, 2.24) is 10.2 Å². The SMILES string of the molecule is CCC(C)[C@H](NC(=O)N1CCCC(CO)C1)C(=O)O. The predicted octanol–water partition coefficient (Wildman–Crippen LogP) is 0.900. The zero-order chi connectivity index (χ0) is 14.4. The highest BCUT2D eigenvalue weighted by Crippen LogP contribution is 2.16. The minimum absolute atomic E-state index is 0.0670. The highest BCUT2D eigenvalue weighted by Gasteiger charge is 2.29. The molecule has 2 amide bonds.